The van der Waals surface area contributed by atoms with Gasteiger partial charge in [0.15, 0.2) is 0 Å². The fourth-order valence-corrected chi connectivity index (χ4v) is 2.55. The summed E-state index contributed by atoms with van der Waals surface area (Å²) in [7, 11) is 1.76. The molecule has 0 aromatic heterocycles. The average molecular weight is 219 g/mol. The van der Waals surface area contributed by atoms with E-state index in [9.17, 15) is 5.11 Å². The fourth-order valence-electron chi connectivity index (χ4n) is 2.55. The Morgan fingerprint density at radius 3 is 2.31 bits per heavy atom. The van der Waals surface area contributed by atoms with Gasteiger partial charge in [0.2, 0.25) is 0 Å². The molecule has 0 radical (unpaired) electrons. The highest BCUT2D eigenvalue weighted by Crippen LogP contribution is 2.32. The van der Waals surface area contributed by atoms with Crippen molar-refractivity contribution in [3.63, 3.8) is 0 Å². The smallest absolute Gasteiger partial charge is 0.130 e. The maximum Gasteiger partial charge on any atom is 0.130 e. The SMILES string of the molecule is CNC(O)c1ccc(C2CCCCC2)cc1. The third kappa shape index (κ3) is 2.63. The molecule has 0 heterocycles. The van der Waals surface area contributed by atoms with E-state index in [1.165, 1.54) is 37.7 Å². The summed E-state index contributed by atoms with van der Waals surface area (Å²) in [5.41, 5.74) is 2.38. The molecule has 1 saturated carbocycles. The molecule has 1 aliphatic carbocycles. The Morgan fingerprint density at radius 1 is 1.12 bits per heavy atom. The summed E-state index contributed by atoms with van der Waals surface area (Å²) in [4.78, 5) is 0. The summed E-state index contributed by atoms with van der Waals surface area (Å²) in [6.07, 6.45) is 6.24. The van der Waals surface area contributed by atoms with E-state index in [2.05, 4.69) is 17.4 Å². The van der Waals surface area contributed by atoms with Crippen LogP contribution in [0, 0.1) is 0 Å². The van der Waals surface area contributed by atoms with Gasteiger partial charge in [0.25, 0.3) is 0 Å². The Labute approximate surface area is 97.7 Å². The second-order valence-electron chi connectivity index (χ2n) is 4.69. The van der Waals surface area contributed by atoms with Crippen molar-refractivity contribution in [3.8, 4) is 0 Å². The second-order valence-corrected chi connectivity index (χ2v) is 4.69. The van der Waals surface area contributed by atoms with Crippen molar-refractivity contribution < 1.29 is 5.11 Å². The van der Waals surface area contributed by atoms with Gasteiger partial charge < -0.3 is 5.11 Å². The summed E-state index contributed by atoms with van der Waals surface area (Å²) in [5.74, 6) is 0.745. The van der Waals surface area contributed by atoms with Gasteiger partial charge in [-0.2, -0.15) is 0 Å². The Hall–Kier alpha value is -0.860. The lowest BCUT2D eigenvalue weighted by molar-refractivity contribution is 0.149. The van der Waals surface area contributed by atoms with Gasteiger partial charge in [0.05, 0.1) is 0 Å². The monoisotopic (exact) mass is 219 g/mol. The topological polar surface area (TPSA) is 32.3 Å². The molecule has 0 saturated heterocycles. The van der Waals surface area contributed by atoms with Crippen molar-refractivity contribution in [2.45, 2.75) is 44.2 Å². The predicted octanol–water partition coefficient (Wildman–Crippen LogP) is 2.94. The maximum atomic E-state index is 9.62. The molecule has 0 aliphatic heterocycles. The summed E-state index contributed by atoms with van der Waals surface area (Å²) in [5, 5.41) is 12.5. The van der Waals surface area contributed by atoms with Gasteiger partial charge in [-0.1, -0.05) is 43.5 Å². The molecule has 0 bridgehead atoms. The summed E-state index contributed by atoms with van der Waals surface area (Å²) in [6.45, 7) is 0. The minimum atomic E-state index is -0.541. The second kappa shape index (κ2) is 5.46. The van der Waals surface area contributed by atoms with E-state index in [1.807, 2.05) is 12.1 Å². The summed E-state index contributed by atoms with van der Waals surface area (Å²) in [6, 6.07) is 8.41. The normalized spacial score (nSPS) is 19.6. The van der Waals surface area contributed by atoms with Crippen LogP contribution in [0.4, 0.5) is 0 Å². The molecule has 0 amide bonds. The molecule has 1 aromatic carbocycles. The van der Waals surface area contributed by atoms with E-state index < -0.39 is 6.23 Å². The Kier molecular flexibility index (Phi) is 3.97. The number of aliphatic hydroxyl groups is 1. The first-order chi connectivity index (χ1) is 7.81. The van der Waals surface area contributed by atoms with Crippen LogP contribution in [-0.2, 0) is 0 Å². The molecule has 0 spiro atoms. The number of hydrogen-bond donors (Lipinski definition) is 2. The van der Waals surface area contributed by atoms with Gasteiger partial charge >= 0.3 is 0 Å². The van der Waals surface area contributed by atoms with Gasteiger partial charge in [-0.15, -0.1) is 0 Å². The first-order valence-electron chi connectivity index (χ1n) is 6.26. The Balaban J connectivity index is 2.06. The zero-order valence-corrected chi connectivity index (χ0v) is 9.95. The maximum absolute atomic E-state index is 9.62. The highest BCUT2D eigenvalue weighted by molar-refractivity contribution is 5.26. The molecule has 1 aliphatic rings. The highest BCUT2D eigenvalue weighted by atomic mass is 16.3. The number of nitrogens with one attached hydrogen (secondary N) is 1. The number of aliphatic hydroxyl groups excluding tert-OH is 1. The third-order valence-electron chi connectivity index (χ3n) is 3.60. The largest absolute Gasteiger partial charge is 0.374 e. The molecule has 2 nitrogen and oxygen atoms in total. The van der Waals surface area contributed by atoms with Crippen LogP contribution in [0.3, 0.4) is 0 Å². The molecule has 1 fully saturated rings. The first-order valence-corrected chi connectivity index (χ1v) is 6.26. The number of hydrogen-bond acceptors (Lipinski definition) is 2. The van der Waals surface area contributed by atoms with Crippen molar-refractivity contribution >= 4 is 0 Å². The lowest BCUT2D eigenvalue weighted by Crippen LogP contribution is -2.15. The quantitative estimate of drug-likeness (QED) is 0.766. The first kappa shape index (κ1) is 11.6. The zero-order chi connectivity index (χ0) is 11.4. The van der Waals surface area contributed by atoms with E-state index in [4.69, 9.17) is 0 Å². The Morgan fingerprint density at radius 2 is 1.75 bits per heavy atom. The van der Waals surface area contributed by atoms with Crippen LogP contribution >= 0.6 is 0 Å². The van der Waals surface area contributed by atoms with E-state index >= 15 is 0 Å². The van der Waals surface area contributed by atoms with Crippen LogP contribution in [0.25, 0.3) is 0 Å². The highest BCUT2D eigenvalue weighted by Gasteiger charge is 2.15. The van der Waals surface area contributed by atoms with Gasteiger partial charge in [0, 0.05) is 0 Å². The van der Waals surface area contributed by atoms with Crippen LogP contribution < -0.4 is 5.32 Å². The molecule has 1 atom stereocenters. The Bertz CT molecular complexity index is 314. The fraction of sp³-hybridized carbons (Fsp3) is 0.571. The lowest BCUT2D eigenvalue weighted by atomic mass is 9.84. The van der Waals surface area contributed by atoms with Gasteiger partial charge in [-0.25, -0.2) is 0 Å². The van der Waals surface area contributed by atoms with Crippen molar-refractivity contribution in [2.75, 3.05) is 7.05 Å². The summed E-state index contributed by atoms with van der Waals surface area (Å²) < 4.78 is 0. The van der Waals surface area contributed by atoms with Gasteiger partial charge in [-0.3, -0.25) is 5.32 Å². The number of benzene rings is 1. The molecular weight excluding hydrogens is 198 g/mol. The van der Waals surface area contributed by atoms with Crippen molar-refractivity contribution in [1.82, 2.24) is 5.32 Å². The minimum Gasteiger partial charge on any atom is -0.374 e. The molecule has 2 N–H and O–H groups in total. The summed E-state index contributed by atoms with van der Waals surface area (Å²) >= 11 is 0. The van der Waals surface area contributed by atoms with Crippen LogP contribution in [0.2, 0.25) is 0 Å². The van der Waals surface area contributed by atoms with Crippen LogP contribution in [-0.4, -0.2) is 12.2 Å². The standard InChI is InChI=1S/C14H21NO/c1-15-14(16)13-9-7-12(8-10-13)11-5-3-2-4-6-11/h7-11,14-16H,2-6H2,1H3. The van der Waals surface area contributed by atoms with Gasteiger partial charge in [0.1, 0.15) is 6.23 Å². The van der Waals surface area contributed by atoms with Crippen molar-refractivity contribution in [1.29, 1.82) is 0 Å². The lowest BCUT2D eigenvalue weighted by Gasteiger charge is -2.22. The predicted molar refractivity (Wildman–Crippen MR) is 66.3 cm³/mol. The molecular formula is C14H21NO. The molecule has 1 unspecified atom stereocenters. The van der Waals surface area contributed by atoms with Gasteiger partial charge in [-0.05, 0) is 36.9 Å². The average Bonchev–Trinajstić information content (AvgIpc) is 2.39. The zero-order valence-electron chi connectivity index (χ0n) is 9.95. The van der Waals surface area contributed by atoms with E-state index in [0.29, 0.717) is 0 Å². The third-order valence-corrected chi connectivity index (χ3v) is 3.60. The van der Waals surface area contributed by atoms with E-state index in [1.54, 1.807) is 7.05 Å². The van der Waals surface area contributed by atoms with Crippen molar-refractivity contribution in [2.24, 2.45) is 0 Å². The molecule has 16 heavy (non-hydrogen) atoms. The minimum absolute atomic E-state index is 0.541. The van der Waals surface area contributed by atoms with Crippen LogP contribution in [0.15, 0.2) is 24.3 Å². The van der Waals surface area contributed by atoms with E-state index in [-0.39, 0.29) is 0 Å². The van der Waals surface area contributed by atoms with Crippen LogP contribution in [0.1, 0.15) is 55.4 Å². The molecule has 88 valence electrons. The van der Waals surface area contributed by atoms with Crippen LogP contribution in [0.5, 0.6) is 0 Å². The number of rotatable bonds is 3. The van der Waals surface area contributed by atoms with Crippen molar-refractivity contribution in [3.05, 3.63) is 35.4 Å². The molecule has 2 heteroatoms. The van der Waals surface area contributed by atoms with E-state index in [0.717, 1.165) is 11.5 Å². The molecule has 2 rings (SSSR count). The molecule has 1 aromatic rings.